The van der Waals surface area contributed by atoms with Gasteiger partial charge in [-0.25, -0.2) is 4.98 Å². The maximum atomic E-state index is 5.87. The molecule has 0 aliphatic carbocycles. The Labute approximate surface area is 91.6 Å². The topological polar surface area (TPSA) is 41.6 Å². The molecule has 2 aromatic rings. The van der Waals surface area contributed by atoms with E-state index in [4.69, 9.17) is 23.2 Å². The molecule has 0 aromatic carbocycles. The minimum Gasteiger partial charge on any atom is -0.269 e. The molecule has 0 spiro atoms. The van der Waals surface area contributed by atoms with Gasteiger partial charge < -0.3 is 0 Å². The first-order chi connectivity index (χ1) is 5.68. The van der Waals surface area contributed by atoms with Gasteiger partial charge in [0.25, 0.3) is 0 Å². The molecule has 2 heterocycles. The molecule has 62 valence electrons. The first kappa shape index (κ1) is 8.52. The number of hydrogen-bond donors (Lipinski definition) is 1. The van der Waals surface area contributed by atoms with Crippen LogP contribution in [0.1, 0.15) is 0 Å². The van der Waals surface area contributed by atoms with Crippen LogP contribution >= 0.6 is 45.8 Å². The van der Waals surface area contributed by atoms with E-state index in [1.807, 2.05) is 0 Å². The van der Waals surface area contributed by atoms with Gasteiger partial charge in [-0.3, -0.25) is 5.10 Å². The highest BCUT2D eigenvalue weighted by molar-refractivity contribution is 14.1. The molecule has 2 rings (SSSR count). The quantitative estimate of drug-likeness (QED) is 0.600. The van der Waals surface area contributed by atoms with Crippen LogP contribution in [0.5, 0.6) is 0 Å². The summed E-state index contributed by atoms with van der Waals surface area (Å²) in [6, 6.07) is 1.57. The fraction of sp³-hybridized carbons (Fsp3) is 0. The van der Waals surface area contributed by atoms with E-state index in [2.05, 4.69) is 37.8 Å². The predicted molar refractivity (Wildman–Crippen MR) is 56.6 cm³/mol. The van der Waals surface area contributed by atoms with Crippen molar-refractivity contribution in [1.29, 1.82) is 0 Å². The molecule has 0 saturated heterocycles. The van der Waals surface area contributed by atoms with E-state index in [1.54, 1.807) is 6.07 Å². The average Bonchev–Trinajstić information content (AvgIpc) is 2.33. The Hall–Kier alpha value is -0.0700. The summed E-state index contributed by atoms with van der Waals surface area (Å²) in [6.07, 6.45) is 0. The monoisotopic (exact) mass is 313 g/mol. The molecular formula is C6H2Cl2IN3. The van der Waals surface area contributed by atoms with Crippen molar-refractivity contribution in [2.75, 3.05) is 0 Å². The van der Waals surface area contributed by atoms with Crippen LogP contribution in [-0.2, 0) is 0 Å². The number of fused-ring (bicyclic) bond motifs is 1. The molecule has 0 radical (unpaired) electrons. The summed E-state index contributed by atoms with van der Waals surface area (Å²) in [5, 5.41) is 7.65. The second-order valence-corrected chi connectivity index (χ2v) is 4.03. The van der Waals surface area contributed by atoms with Crippen LogP contribution in [0, 0.1) is 3.70 Å². The summed E-state index contributed by atoms with van der Waals surface area (Å²) in [4.78, 5) is 4.08. The van der Waals surface area contributed by atoms with E-state index >= 15 is 0 Å². The summed E-state index contributed by atoms with van der Waals surface area (Å²) in [5.74, 6) is 0. The zero-order valence-corrected chi connectivity index (χ0v) is 9.28. The van der Waals surface area contributed by atoms with Crippen molar-refractivity contribution in [3.8, 4) is 0 Å². The number of nitrogens with zero attached hydrogens (tertiary/aromatic N) is 2. The Bertz CT molecular complexity index is 440. The third-order valence-corrected chi connectivity index (χ3v) is 2.62. The number of pyridine rings is 1. The van der Waals surface area contributed by atoms with Gasteiger partial charge in [0, 0.05) is 0 Å². The minimum absolute atomic E-state index is 0.381. The van der Waals surface area contributed by atoms with Gasteiger partial charge in [-0.1, -0.05) is 23.2 Å². The number of halogens is 3. The number of rotatable bonds is 0. The number of hydrogen-bond acceptors (Lipinski definition) is 2. The Morgan fingerprint density at radius 3 is 2.83 bits per heavy atom. The minimum atomic E-state index is 0.381. The van der Waals surface area contributed by atoms with Gasteiger partial charge in [0.05, 0.1) is 5.02 Å². The van der Waals surface area contributed by atoms with Crippen molar-refractivity contribution in [3.05, 3.63) is 19.9 Å². The summed E-state index contributed by atoms with van der Waals surface area (Å²) in [7, 11) is 0. The summed E-state index contributed by atoms with van der Waals surface area (Å²) < 4.78 is 0.840. The van der Waals surface area contributed by atoms with Crippen LogP contribution in [0.25, 0.3) is 11.0 Å². The van der Waals surface area contributed by atoms with Crippen molar-refractivity contribution >= 4 is 56.8 Å². The SMILES string of the molecule is Clc1cc(Cl)c2n[nH]c(I)c2n1. The fourth-order valence-electron chi connectivity index (χ4n) is 0.895. The smallest absolute Gasteiger partial charge is 0.131 e. The molecule has 0 amide bonds. The number of aromatic nitrogens is 3. The van der Waals surface area contributed by atoms with Crippen LogP contribution in [0.3, 0.4) is 0 Å². The average molecular weight is 314 g/mol. The van der Waals surface area contributed by atoms with Gasteiger partial charge in [-0.2, -0.15) is 5.10 Å². The number of aromatic amines is 1. The summed E-state index contributed by atoms with van der Waals surface area (Å²) in [5.41, 5.74) is 1.37. The van der Waals surface area contributed by atoms with E-state index in [0.717, 1.165) is 3.70 Å². The Morgan fingerprint density at radius 1 is 1.33 bits per heavy atom. The standard InChI is InChI=1S/C6H2Cl2IN3/c7-2-1-3(8)10-5-4(2)11-12-6(5)9/h1H,(H,11,12). The molecule has 2 aromatic heterocycles. The Morgan fingerprint density at radius 2 is 2.08 bits per heavy atom. The highest BCUT2D eigenvalue weighted by atomic mass is 127. The number of nitrogens with one attached hydrogen (secondary N) is 1. The van der Waals surface area contributed by atoms with Crippen LogP contribution < -0.4 is 0 Å². The molecule has 0 fully saturated rings. The van der Waals surface area contributed by atoms with Crippen LogP contribution in [0.2, 0.25) is 10.2 Å². The third-order valence-electron chi connectivity index (χ3n) is 1.39. The van der Waals surface area contributed by atoms with E-state index in [1.165, 1.54) is 0 Å². The van der Waals surface area contributed by atoms with Gasteiger partial charge in [-0.15, -0.1) is 0 Å². The molecule has 0 bridgehead atoms. The molecule has 12 heavy (non-hydrogen) atoms. The maximum absolute atomic E-state index is 5.87. The van der Waals surface area contributed by atoms with E-state index in [0.29, 0.717) is 21.2 Å². The normalized spacial score (nSPS) is 10.9. The summed E-state index contributed by atoms with van der Waals surface area (Å²) >= 11 is 13.7. The highest BCUT2D eigenvalue weighted by Gasteiger charge is 2.08. The maximum Gasteiger partial charge on any atom is 0.131 e. The van der Waals surface area contributed by atoms with Crippen molar-refractivity contribution in [3.63, 3.8) is 0 Å². The molecule has 6 heteroatoms. The third kappa shape index (κ3) is 1.27. The van der Waals surface area contributed by atoms with Crippen molar-refractivity contribution in [2.24, 2.45) is 0 Å². The van der Waals surface area contributed by atoms with Gasteiger partial charge in [0.1, 0.15) is 19.9 Å². The molecule has 0 unspecified atom stereocenters. The first-order valence-electron chi connectivity index (χ1n) is 3.04. The van der Waals surface area contributed by atoms with Gasteiger partial charge in [0.2, 0.25) is 0 Å². The lowest BCUT2D eigenvalue weighted by molar-refractivity contribution is 1.09. The van der Waals surface area contributed by atoms with Crippen molar-refractivity contribution in [1.82, 2.24) is 15.2 Å². The summed E-state index contributed by atoms with van der Waals surface area (Å²) in [6.45, 7) is 0. The lowest BCUT2D eigenvalue weighted by Crippen LogP contribution is -1.79. The van der Waals surface area contributed by atoms with Crippen molar-refractivity contribution in [2.45, 2.75) is 0 Å². The second-order valence-electron chi connectivity index (χ2n) is 2.16. The molecule has 1 N–H and O–H groups in total. The van der Waals surface area contributed by atoms with Crippen LogP contribution in [0.4, 0.5) is 0 Å². The van der Waals surface area contributed by atoms with E-state index in [9.17, 15) is 0 Å². The first-order valence-corrected chi connectivity index (χ1v) is 4.87. The fourth-order valence-corrected chi connectivity index (χ4v) is 1.88. The lowest BCUT2D eigenvalue weighted by Gasteiger charge is -1.92. The van der Waals surface area contributed by atoms with E-state index in [-0.39, 0.29) is 0 Å². The molecule has 0 aliphatic heterocycles. The highest BCUT2D eigenvalue weighted by Crippen LogP contribution is 2.25. The molecule has 0 atom stereocenters. The van der Waals surface area contributed by atoms with Gasteiger partial charge >= 0.3 is 0 Å². The van der Waals surface area contributed by atoms with E-state index < -0.39 is 0 Å². The largest absolute Gasteiger partial charge is 0.269 e. The number of H-pyrrole nitrogens is 1. The van der Waals surface area contributed by atoms with Gasteiger partial charge in [-0.05, 0) is 28.7 Å². The van der Waals surface area contributed by atoms with Crippen LogP contribution in [-0.4, -0.2) is 15.2 Å². The second kappa shape index (κ2) is 3.01. The molecule has 0 aliphatic rings. The zero-order valence-electron chi connectivity index (χ0n) is 5.61. The molecule has 0 saturated carbocycles. The predicted octanol–water partition coefficient (Wildman–Crippen LogP) is 2.87. The van der Waals surface area contributed by atoms with Gasteiger partial charge in [0.15, 0.2) is 0 Å². The Balaban J connectivity index is 2.92. The Kier molecular flexibility index (Phi) is 2.14. The lowest BCUT2D eigenvalue weighted by atomic mass is 10.4. The van der Waals surface area contributed by atoms with Crippen molar-refractivity contribution < 1.29 is 0 Å². The van der Waals surface area contributed by atoms with Crippen LogP contribution in [0.15, 0.2) is 6.07 Å². The zero-order chi connectivity index (χ0) is 8.72. The molecular weight excluding hydrogens is 312 g/mol. The molecule has 3 nitrogen and oxygen atoms in total.